The highest BCUT2D eigenvalue weighted by molar-refractivity contribution is 8.00. The Kier molecular flexibility index (Phi) is 5.21. The first-order chi connectivity index (χ1) is 11.9. The molecule has 1 saturated heterocycles. The fourth-order valence-corrected chi connectivity index (χ4v) is 4.76. The second kappa shape index (κ2) is 7.23. The molecular weight excluding hydrogens is 380 g/mol. The van der Waals surface area contributed by atoms with Gasteiger partial charge >= 0.3 is 0 Å². The Balaban J connectivity index is 2.05. The molecular formula is C16H17ClN4O2S2. The molecule has 2 amide bonds. The Labute approximate surface area is 159 Å². The van der Waals surface area contributed by atoms with Crippen molar-refractivity contribution in [2.75, 3.05) is 31.3 Å². The molecule has 6 nitrogen and oxygen atoms in total. The van der Waals surface area contributed by atoms with Gasteiger partial charge in [0.15, 0.2) is 10.5 Å². The van der Waals surface area contributed by atoms with E-state index in [-0.39, 0.29) is 5.91 Å². The molecule has 3 rings (SSSR count). The van der Waals surface area contributed by atoms with Gasteiger partial charge in [0.05, 0.1) is 4.88 Å². The van der Waals surface area contributed by atoms with Gasteiger partial charge in [-0.25, -0.2) is 4.98 Å². The Morgan fingerprint density at radius 3 is 2.80 bits per heavy atom. The quantitative estimate of drug-likeness (QED) is 0.858. The summed E-state index contributed by atoms with van der Waals surface area (Å²) < 4.78 is 0. The molecule has 1 fully saturated rings. The van der Waals surface area contributed by atoms with Crippen LogP contribution in [0, 0.1) is 0 Å². The molecule has 132 valence electrons. The van der Waals surface area contributed by atoms with Crippen LogP contribution >= 0.6 is 34.7 Å². The molecule has 0 radical (unpaired) electrons. The lowest BCUT2D eigenvalue weighted by Gasteiger charge is -2.20. The van der Waals surface area contributed by atoms with Crippen molar-refractivity contribution in [1.82, 2.24) is 9.88 Å². The van der Waals surface area contributed by atoms with Gasteiger partial charge in [0.1, 0.15) is 5.69 Å². The maximum Gasteiger partial charge on any atom is 0.275 e. The topological polar surface area (TPSA) is 79.5 Å². The standard InChI is InChI=1S/C16H17ClN4O2S2/c1-20(2)16-19-11(12(25-16)9-4-3-5-10(17)8-9)14(23)21-6-7-24-15(21)13(18)22/h3-5,8,15H,6-7H2,1-2H3,(H2,18,22). The summed E-state index contributed by atoms with van der Waals surface area (Å²) in [5.74, 6) is -0.118. The van der Waals surface area contributed by atoms with Crippen molar-refractivity contribution in [2.45, 2.75) is 5.37 Å². The molecule has 0 spiro atoms. The zero-order chi connectivity index (χ0) is 18.1. The van der Waals surface area contributed by atoms with E-state index in [0.717, 1.165) is 10.4 Å². The number of anilines is 1. The Bertz CT molecular complexity index is 824. The molecule has 1 aliphatic heterocycles. The third-order valence-electron chi connectivity index (χ3n) is 3.68. The average molecular weight is 397 g/mol. The minimum absolute atomic E-state index is 0.284. The number of primary amides is 1. The zero-order valence-electron chi connectivity index (χ0n) is 13.7. The number of carbonyl (C=O) groups excluding carboxylic acids is 2. The van der Waals surface area contributed by atoms with Crippen LogP contribution in [0.2, 0.25) is 5.02 Å². The van der Waals surface area contributed by atoms with Crippen molar-refractivity contribution in [3.05, 3.63) is 35.0 Å². The zero-order valence-corrected chi connectivity index (χ0v) is 16.1. The van der Waals surface area contributed by atoms with Crippen LogP contribution in [0.15, 0.2) is 24.3 Å². The SMILES string of the molecule is CN(C)c1nc(C(=O)N2CCSC2C(N)=O)c(-c2cccc(Cl)c2)s1. The third-order valence-corrected chi connectivity index (χ3v) is 6.41. The molecule has 9 heteroatoms. The molecule has 1 aromatic heterocycles. The summed E-state index contributed by atoms with van der Waals surface area (Å²) in [6, 6.07) is 7.30. The van der Waals surface area contributed by atoms with Crippen molar-refractivity contribution >= 4 is 51.6 Å². The number of halogens is 1. The van der Waals surface area contributed by atoms with Gasteiger partial charge in [-0.3, -0.25) is 9.59 Å². The third kappa shape index (κ3) is 3.61. The van der Waals surface area contributed by atoms with Crippen molar-refractivity contribution in [1.29, 1.82) is 0 Å². The Hall–Kier alpha value is -1.77. The number of nitrogens with zero attached hydrogens (tertiary/aromatic N) is 3. The lowest BCUT2D eigenvalue weighted by molar-refractivity contribution is -0.119. The molecule has 0 aliphatic carbocycles. The van der Waals surface area contributed by atoms with E-state index in [2.05, 4.69) is 4.98 Å². The predicted molar refractivity (Wildman–Crippen MR) is 103 cm³/mol. The maximum atomic E-state index is 13.1. The number of thioether (sulfide) groups is 1. The van der Waals surface area contributed by atoms with Gasteiger partial charge in [-0.15, -0.1) is 11.8 Å². The summed E-state index contributed by atoms with van der Waals surface area (Å²) in [5, 5.41) is 0.646. The highest BCUT2D eigenvalue weighted by Crippen LogP contribution is 2.37. The molecule has 25 heavy (non-hydrogen) atoms. The lowest BCUT2D eigenvalue weighted by atomic mass is 10.1. The first-order valence-corrected chi connectivity index (χ1v) is 9.79. The van der Waals surface area contributed by atoms with E-state index in [4.69, 9.17) is 17.3 Å². The number of hydrogen-bond donors (Lipinski definition) is 1. The summed E-state index contributed by atoms with van der Waals surface area (Å²) in [5.41, 5.74) is 6.58. The van der Waals surface area contributed by atoms with Crippen LogP contribution in [0.5, 0.6) is 0 Å². The van der Waals surface area contributed by atoms with E-state index in [1.54, 1.807) is 12.1 Å². The van der Waals surface area contributed by atoms with Crippen molar-refractivity contribution in [3.8, 4) is 10.4 Å². The molecule has 2 N–H and O–H groups in total. The first kappa shape index (κ1) is 18.0. The van der Waals surface area contributed by atoms with Gasteiger partial charge in [0.25, 0.3) is 11.8 Å². The van der Waals surface area contributed by atoms with Gasteiger partial charge in [-0.1, -0.05) is 35.1 Å². The molecule has 2 aromatic rings. The second-order valence-corrected chi connectivity index (χ2v) is 8.31. The predicted octanol–water partition coefficient (Wildman–Crippen LogP) is 2.53. The second-order valence-electron chi connectivity index (χ2n) is 5.70. The number of carbonyl (C=O) groups is 2. The summed E-state index contributed by atoms with van der Waals surface area (Å²) in [4.78, 5) is 33.3. The normalized spacial score (nSPS) is 16.9. The van der Waals surface area contributed by atoms with Gasteiger partial charge in [0.2, 0.25) is 0 Å². The van der Waals surface area contributed by atoms with E-state index in [9.17, 15) is 9.59 Å². The fourth-order valence-electron chi connectivity index (χ4n) is 2.52. The van der Waals surface area contributed by atoms with Gasteiger partial charge in [-0.2, -0.15) is 0 Å². The van der Waals surface area contributed by atoms with Crippen LogP contribution < -0.4 is 10.6 Å². The van der Waals surface area contributed by atoms with E-state index in [0.29, 0.717) is 28.1 Å². The van der Waals surface area contributed by atoms with E-state index in [1.165, 1.54) is 28.0 Å². The maximum absolute atomic E-state index is 13.1. The fraction of sp³-hybridized carbons (Fsp3) is 0.312. The van der Waals surface area contributed by atoms with Crippen molar-refractivity contribution < 1.29 is 9.59 Å². The lowest BCUT2D eigenvalue weighted by Crippen LogP contribution is -2.42. The number of thiazole rings is 1. The smallest absolute Gasteiger partial charge is 0.275 e. The first-order valence-electron chi connectivity index (χ1n) is 7.54. The molecule has 1 aromatic carbocycles. The Morgan fingerprint density at radius 1 is 1.40 bits per heavy atom. The molecule has 2 heterocycles. The van der Waals surface area contributed by atoms with Gasteiger partial charge in [0, 0.05) is 31.4 Å². The molecule has 0 saturated carbocycles. The number of hydrogen-bond acceptors (Lipinski definition) is 6. The number of nitrogens with two attached hydrogens (primary N) is 1. The van der Waals surface area contributed by atoms with E-state index < -0.39 is 11.3 Å². The van der Waals surface area contributed by atoms with E-state index in [1.807, 2.05) is 31.1 Å². The minimum Gasteiger partial charge on any atom is -0.367 e. The number of amides is 2. The van der Waals surface area contributed by atoms with Crippen LogP contribution in [-0.2, 0) is 4.79 Å². The summed E-state index contributed by atoms with van der Waals surface area (Å²) in [6.07, 6.45) is 0. The molecule has 0 bridgehead atoms. The molecule has 1 unspecified atom stereocenters. The number of aromatic nitrogens is 1. The van der Waals surface area contributed by atoms with E-state index >= 15 is 0 Å². The van der Waals surface area contributed by atoms with Crippen LogP contribution in [0.1, 0.15) is 10.5 Å². The van der Waals surface area contributed by atoms with Gasteiger partial charge < -0.3 is 15.5 Å². The Morgan fingerprint density at radius 2 is 2.16 bits per heavy atom. The van der Waals surface area contributed by atoms with Crippen LogP contribution in [0.25, 0.3) is 10.4 Å². The average Bonchev–Trinajstić information content (AvgIpc) is 3.21. The monoisotopic (exact) mass is 396 g/mol. The largest absolute Gasteiger partial charge is 0.367 e. The minimum atomic E-state index is -0.649. The van der Waals surface area contributed by atoms with Crippen molar-refractivity contribution in [2.24, 2.45) is 5.73 Å². The van der Waals surface area contributed by atoms with Crippen molar-refractivity contribution in [3.63, 3.8) is 0 Å². The van der Waals surface area contributed by atoms with Crippen LogP contribution in [0.4, 0.5) is 5.13 Å². The molecule has 1 aliphatic rings. The summed E-state index contributed by atoms with van der Waals surface area (Å²) in [6.45, 7) is 0.473. The number of rotatable bonds is 4. The number of benzene rings is 1. The van der Waals surface area contributed by atoms with Gasteiger partial charge in [-0.05, 0) is 17.7 Å². The highest BCUT2D eigenvalue weighted by atomic mass is 35.5. The molecule has 1 atom stereocenters. The van der Waals surface area contributed by atoms with Crippen LogP contribution in [-0.4, -0.2) is 53.5 Å². The summed E-state index contributed by atoms with van der Waals surface area (Å²) >= 11 is 8.89. The summed E-state index contributed by atoms with van der Waals surface area (Å²) in [7, 11) is 3.74. The van der Waals surface area contributed by atoms with Crippen LogP contribution in [0.3, 0.4) is 0 Å². The highest BCUT2D eigenvalue weighted by Gasteiger charge is 2.36.